The van der Waals surface area contributed by atoms with Crippen LogP contribution in [0.1, 0.15) is 66.6 Å². The number of alkyl halides is 3. The minimum Gasteiger partial charge on any atom is -0.395 e. The number of halogens is 4. The average molecular weight is 571 g/mol. The lowest BCUT2D eigenvalue weighted by Crippen LogP contribution is -2.49. The molecule has 0 aromatic heterocycles. The van der Waals surface area contributed by atoms with E-state index in [1.54, 1.807) is 0 Å². The molecule has 1 heterocycles. The number of carbonyl (C=O) groups is 2. The lowest BCUT2D eigenvalue weighted by atomic mass is 9.99. The Labute approximate surface area is 224 Å². The molecule has 2 aliphatic rings. The van der Waals surface area contributed by atoms with Crippen molar-refractivity contribution in [1.29, 1.82) is 0 Å². The van der Waals surface area contributed by atoms with Crippen LogP contribution in [-0.2, 0) is 20.8 Å². The van der Waals surface area contributed by atoms with E-state index in [4.69, 9.17) is 5.11 Å². The highest BCUT2D eigenvalue weighted by molar-refractivity contribution is 7.91. The van der Waals surface area contributed by atoms with Gasteiger partial charge < -0.3 is 15.3 Å². The summed E-state index contributed by atoms with van der Waals surface area (Å²) < 4.78 is 78.7. The number of likely N-dealkylation sites (tertiary alicyclic amines) is 1. The van der Waals surface area contributed by atoms with Gasteiger partial charge in [-0.2, -0.15) is 13.2 Å². The van der Waals surface area contributed by atoms with Gasteiger partial charge >= 0.3 is 6.18 Å². The molecule has 212 valence electrons. The minimum absolute atomic E-state index is 0.0384. The Morgan fingerprint density at radius 3 is 2.41 bits per heavy atom. The van der Waals surface area contributed by atoms with E-state index in [1.165, 1.54) is 29.2 Å². The number of hydrogen-bond donors (Lipinski definition) is 2. The van der Waals surface area contributed by atoms with E-state index in [0.717, 1.165) is 12.1 Å². The van der Waals surface area contributed by atoms with Gasteiger partial charge in [0.1, 0.15) is 11.9 Å². The molecule has 39 heavy (non-hydrogen) atoms. The highest BCUT2D eigenvalue weighted by Crippen LogP contribution is 2.43. The number of benzene rings is 2. The van der Waals surface area contributed by atoms with Crippen molar-refractivity contribution in [3.8, 4) is 0 Å². The van der Waals surface area contributed by atoms with E-state index in [9.17, 15) is 35.6 Å². The van der Waals surface area contributed by atoms with Crippen molar-refractivity contribution >= 4 is 21.7 Å². The van der Waals surface area contributed by atoms with Gasteiger partial charge in [-0.15, -0.1) is 0 Å². The summed E-state index contributed by atoms with van der Waals surface area (Å²) in [6.45, 7) is 1.28. The van der Waals surface area contributed by atoms with Crippen molar-refractivity contribution in [3.63, 3.8) is 0 Å². The van der Waals surface area contributed by atoms with Crippen molar-refractivity contribution in [3.05, 3.63) is 65.0 Å². The average Bonchev–Trinajstić information content (AvgIpc) is 3.64. The minimum atomic E-state index is -4.70. The molecule has 7 nitrogen and oxygen atoms in total. The molecule has 2 N–H and O–H groups in total. The van der Waals surface area contributed by atoms with Gasteiger partial charge in [0, 0.05) is 17.2 Å². The van der Waals surface area contributed by atoms with Gasteiger partial charge in [0.2, 0.25) is 5.91 Å². The molecule has 1 saturated heterocycles. The molecule has 12 heteroatoms. The number of amides is 2. The molecular weight excluding hydrogens is 540 g/mol. The van der Waals surface area contributed by atoms with Gasteiger partial charge in [-0.1, -0.05) is 19.1 Å². The fourth-order valence-corrected chi connectivity index (χ4v) is 6.21. The lowest BCUT2D eigenvalue weighted by Gasteiger charge is -2.31. The maximum absolute atomic E-state index is 14.8. The molecule has 0 spiro atoms. The molecule has 4 rings (SSSR count). The summed E-state index contributed by atoms with van der Waals surface area (Å²) in [5.41, 5.74) is -1.09. The molecule has 1 saturated carbocycles. The molecule has 3 atom stereocenters. The highest BCUT2D eigenvalue weighted by atomic mass is 32.2. The van der Waals surface area contributed by atoms with Crippen molar-refractivity contribution in [2.75, 3.05) is 12.4 Å². The zero-order chi connectivity index (χ0) is 28.5. The number of sulfone groups is 1. The summed E-state index contributed by atoms with van der Waals surface area (Å²) in [7, 11) is -3.81. The largest absolute Gasteiger partial charge is 0.416 e. The Hall–Kier alpha value is -2.99. The Balaban J connectivity index is 1.59. The van der Waals surface area contributed by atoms with Crippen molar-refractivity contribution < 1.29 is 40.7 Å². The second-order valence-corrected chi connectivity index (χ2v) is 12.1. The third kappa shape index (κ3) is 6.27. The summed E-state index contributed by atoms with van der Waals surface area (Å²) in [6, 6.07) is 5.61. The Kier molecular flexibility index (Phi) is 8.36. The molecule has 2 aromatic rings. The van der Waals surface area contributed by atoms with Gasteiger partial charge in [0.25, 0.3) is 5.91 Å². The number of hydrogen-bond acceptors (Lipinski definition) is 5. The predicted molar refractivity (Wildman–Crippen MR) is 134 cm³/mol. The standard InChI is InChI=1S/C27H30F4N2O5S/c1-2-19-9-11-23(33(19)26(36)17-4-3-5-20(14-17)39(37,38)13-12-34)25(35)32-24(16-6-7-16)21-10-8-18(15-22(21)28)27(29,30)31/h3-5,8,10,14-16,19,23-24,34H,2,6-7,9,11-13H2,1H3,(H,32,35)/t19-,23-,24?/m1/s1. The van der Waals surface area contributed by atoms with E-state index in [1.807, 2.05) is 6.92 Å². The van der Waals surface area contributed by atoms with Crippen LogP contribution in [0.4, 0.5) is 17.6 Å². The summed E-state index contributed by atoms with van der Waals surface area (Å²) in [5, 5.41) is 11.9. The highest BCUT2D eigenvalue weighted by Gasteiger charge is 2.43. The van der Waals surface area contributed by atoms with Crippen LogP contribution in [0.3, 0.4) is 0 Å². The molecule has 1 aliphatic heterocycles. The monoisotopic (exact) mass is 570 g/mol. The number of aliphatic hydroxyl groups is 1. The van der Waals surface area contributed by atoms with Crippen LogP contribution >= 0.6 is 0 Å². The number of aliphatic hydroxyl groups excluding tert-OH is 1. The van der Waals surface area contributed by atoms with Crippen LogP contribution in [-0.4, -0.2) is 54.7 Å². The first-order chi connectivity index (χ1) is 18.4. The van der Waals surface area contributed by atoms with E-state index in [0.29, 0.717) is 38.2 Å². The van der Waals surface area contributed by atoms with Gasteiger partial charge in [-0.25, -0.2) is 12.8 Å². The quantitative estimate of drug-likeness (QED) is 0.439. The second-order valence-electron chi connectivity index (χ2n) is 10.00. The maximum Gasteiger partial charge on any atom is 0.416 e. The van der Waals surface area contributed by atoms with Gasteiger partial charge in [-0.05, 0) is 68.4 Å². The van der Waals surface area contributed by atoms with Crippen molar-refractivity contribution in [1.82, 2.24) is 10.2 Å². The number of rotatable bonds is 9. The molecule has 1 aliphatic carbocycles. The number of carbonyl (C=O) groups excluding carboxylic acids is 2. The van der Waals surface area contributed by atoms with Crippen molar-refractivity contribution in [2.24, 2.45) is 5.92 Å². The normalized spacial score (nSPS) is 20.6. The third-order valence-electron chi connectivity index (χ3n) is 7.37. The van der Waals surface area contributed by atoms with Crippen LogP contribution < -0.4 is 5.32 Å². The summed E-state index contributed by atoms with van der Waals surface area (Å²) in [5.74, 6) is -2.78. The summed E-state index contributed by atoms with van der Waals surface area (Å²) in [4.78, 5) is 28.4. The SMILES string of the molecule is CC[C@@H]1CC[C@H](C(=O)NC(c2ccc(C(F)(F)F)cc2F)C2CC2)N1C(=O)c1cccc(S(=O)(=O)CCO)c1. The molecule has 1 unspecified atom stereocenters. The summed E-state index contributed by atoms with van der Waals surface area (Å²) in [6.07, 6.45) is -1.97. The lowest BCUT2D eigenvalue weighted by molar-refractivity contribution is -0.137. The van der Waals surface area contributed by atoms with E-state index >= 15 is 0 Å². The van der Waals surface area contributed by atoms with E-state index < -0.39 is 63.7 Å². The molecular formula is C27H30F4N2O5S. The van der Waals surface area contributed by atoms with Crippen molar-refractivity contribution in [2.45, 2.75) is 68.2 Å². The molecule has 0 bridgehead atoms. The predicted octanol–water partition coefficient (Wildman–Crippen LogP) is 4.26. The second kappa shape index (κ2) is 11.2. The first-order valence-corrected chi connectivity index (χ1v) is 14.5. The number of nitrogens with zero attached hydrogens (tertiary/aromatic N) is 1. The van der Waals surface area contributed by atoms with Crippen LogP contribution in [0.15, 0.2) is 47.4 Å². The van der Waals surface area contributed by atoms with Gasteiger partial charge in [-0.3, -0.25) is 9.59 Å². The Morgan fingerprint density at radius 2 is 1.82 bits per heavy atom. The van der Waals surface area contributed by atoms with E-state index in [2.05, 4.69) is 5.32 Å². The summed E-state index contributed by atoms with van der Waals surface area (Å²) >= 11 is 0. The van der Waals surface area contributed by atoms with Gasteiger partial charge in [0.15, 0.2) is 9.84 Å². The molecule has 2 fully saturated rings. The zero-order valence-electron chi connectivity index (χ0n) is 21.2. The van der Waals surface area contributed by atoms with E-state index in [-0.39, 0.29) is 28.0 Å². The number of nitrogens with one attached hydrogen (secondary N) is 1. The van der Waals surface area contributed by atoms with Gasteiger partial charge in [0.05, 0.1) is 28.9 Å². The Bertz CT molecular complexity index is 1340. The first-order valence-electron chi connectivity index (χ1n) is 12.8. The maximum atomic E-state index is 14.8. The first kappa shape index (κ1) is 29.0. The Morgan fingerprint density at radius 1 is 1.10 bits per heavy atom. The molecule has 0 radical (unpaired) electrons. The third-order valence-corrected chi connectivity index (χ3v) is 9.06. The molecule has 2 aromatic carbocycles. The smallest absolute Gasteiger partial charge is 0.395 e. The van der Waals surface area contributed by atoms with Crippen LogP contribution in [0.25, 0.3) is 0 Å². The van der Waals surface area contributed by atoms with Crippen LogP contribution in [0, 0.1) is 11.7 Å². The fraction of sp³-hybridized carbons (Fsp3) is 0.481. The molecule has 2 amide bonds. The fourth-order valence-electron chi connectivity index (χ4n) is 5.14. The van der Waals surface area contributed by atoms with Crippen LogP contribution in [0.5, 0.6) is 0 Å². The zero-order valence-corrected chi connectivity index (χ0v) is 22.1. The van der Waals surface area contributed by atoms with Crippen LogP contribution in [0.2, 0.25) is 0 Å². The topological polar surface area (TPSA) is 104 Å².